The van der Waals surface area contributed by atoms with E-state index in [1.54, 1.807) is 0 Å². The third-order valence-electron chi connectivity index (χ3n) is 3.71. The number of ether oxygens (including phenoxy) is 3. The number of carbonyl (C=O) groups is 1. The van der Waals surface area contributed by atoms with Crippen LogP contribution in [0.2, 0.25) is 0 Å². The van der Waals surface area contributed by atoms with E-state index >= 15 is 0 Å². The monoisotopic (exact) mass is 262 g/mol. The molecule has 1 saturated carbocycles. The summed E-state index contributed by atoms with van der Waals surface area (Å²) in [5.41, 5.74) is 1.05. The molecule has 1 aromatic carbocycles. The molecule has 0 amide bonds. The summed E-state index contributed by atoms with van der Waals surface area (Å²) in [4.78, 5) is 11.7. The van der Waals surface area contributed by atoms with Crippen LogP contribution >= 0.6 is 0 Å². The Balaban J connectivity index is 1.51. The molecule has 1 heterocycles. The first-order valence-electron chi connectivity index (χ1n) is 6.82. The van der Waals surface area contributed by atoms with Crippen LogP contribution in [0.25, 0.3) is 0 Å². The molecule has 3 rings (SSSR count). The molecule has 102 valence electrons. The smallest absolute Gasteiger partial charge is 0.231 e. The number of fused-ring (bicyclic) bond motifs is 1. The number of benzene rings is 1. The third kappa shape index (κ3) is 2.89. The zero-order valence-corrected chi connectivity index (χ0v) is 10.9. The maximum absolute atomic E-state index is 11.7. The Hall–Kier alpha value is -1.55. The molecule has 0 bridgehead atoms. The Morgan fingerprint density at radius 2 is 2.11 bits per heavy atom. The fourth-order valence-electron chi connectivity index (χ4n) is 2.58. The summed E-state index contributed by atoms with van der Waals surface area (Å²) in [6.45, 7) is 1.34. The maximum Gasteiger partial charge on any atom is 0.231 e. The van der Waals surface area contributed by atoms with Crippen LogP contribution in [0.1, 0.15) is 31.2 Å². The molecule has 1 aliphatic heterocycles. The fourth-order valence-corrected chi connectivity index (χ4v) is 2.58. The van der Waals surface area contributed by atoms with Crippen molar-refractivity contribution in [3.8, 4) is 11.5 Å². The van der Waals surface area contributed by atoms with Gasteiger partial charge in [-0.2, -0.15) is 0 Å². The highest BCUT2D eigenvalue weighted by atomic mass is 16.7. The first-order valence-corrected chi connectivity index (χ1v) is 6.82. The van der Waals surface area contributed by atoms with E-state index in [9.17, 15) is 4.79 Å². The Morgan fingerprint density at radius 1 is 1.21 bits per heavy atom. The summed E-state index contributed by atoms with van der Waals surface area (Å²) in [5.74, 6) is 2.01. The molecule has 0 spiro atoms. The van der Waals surface area contributed by atoms with Crippen LogP contribution in [-0.2, 0) is 16.1 Å². The number of ketones is 1. The van der Waals surface area contributed by atoms with Crippen molar-refractivity contribution < 1.29 is 19.0 Å². The zero-order valence-electron chi connectivity index (χ0n) is 10.9. The molecular weight excluding hydrogens is 244 g/mol. The Kier molecular flexibility index (Phi) is 3.69. The molecule has 1 aromatic rings. The summed E-state index contributed by atoms with van der Waals surface area (Å²) in [6, 6.07) is 5.80. The molecular formula is C15H18O4. The van der Waals surface area contributed by atoms with Crippen LogP contribution in [0.4, 0.5) is 0 Å². The highest BCUT2D eigenvalue weighted by molar-refractivity contribution is 5.81. The molecule has 1 fully saturated rings. The number of Topliss-reactive ketones (excluding diaryl/α,β-unsaturated/α-hetero) is 1. The van der Waals surface area contributed by atoms with Crippen molar-refractivity contribution in [2.45, 2.75) is 32.3 Å². The molecule has 0 saturated heterocycles. The second-order valence-corrected chi connectivity index (χ2v) is 5.11. The van der Waals surface area contributed by atoms with Crippen molar-refractivity contribution in [3.63, 3.8) is 0 Å². The minimum absolute atomic E-state index is 0.0998. The molecule has 0 N–H and O–H groups in total. The molecule has 19 heavy (non-hydrogen) atoms. The lowest BCUT2D eigenvalue weighted by Gasteiger charge is -2.20. The van der Waals surface area contributed by atoms with Crippen molar-refractivity contribution in [2.75, 3.05) is 13.4 Å². The largest absolute Gasteiger partial charge is 0.454 e. The molecule has 0 radical (unpaired) electrons. The lowest BCUT2D eigenvalue weighted by atomic mass is 9.89. The van der Waals surface area contributed by atoms with E-state index in [0.717, 1.165) is 42.7 Å². The summed E-state index contributed by atoms with van der Waals surface area (Å²) >= 11 is 0. The lowest BCUT2D eigenvalue weighted by Crippen LogP contribution is -2.23. The van der Waals surface area contributed by atoms with Gasteiger partial charge in [0.25, 0.3) is 0 Å². The quantitative estimate of drug-likeness (QED) is 0.837. The second kappa shape index (κ2) is 5.61. The fraction of sp³-hybridized carbons (Fsp3) is 0.533. The minimum atomic E-state index is 0.0998. The minimum Gasteiger partial charge on any atom is -0.454 e. The van der Waals surface area contributed by atoms with Gasteiger partial charge in [0.1, 0.15) is 5.78 Å². The second-order valence-electron chi connectivity index (χ2n) is 5.11. The Morgan fingerprint density at radius 3 is 3.00 bits per heavy atom. The lowest BCUT2D eigenvalue weighted by molar-refractivity contribution is -0.126. The van der Waals surface area contributed by atoms with Crippen molar-refractivity contribution in [1.82, 2.24) is 0 Å². The van der Waals surface area contributed by atoms with Crippen molar-refractivity contribution >= 4 is 5.78 Å². The van der Waals surface area contributed by atoms with E-state index in [2.05, 4.69) is 0 Å². The van der Waals surface area contributed by atoms with Crippen LogP contribution < -0.4 is 9.47 Å². The maximum atomic E-state index is 11.7. The van der Waals surface area contributed by atoms with E-state index in [4.69, 9.17) is 14.2 Å². The van der Waals surface area contributed by atoms with Gasteiger partial charge in [0.2, 0.25) is 6.79 Å². The van der Waals surface area contributed by atoms with E-state index in [-0.39, 0.29) is 12.7 Å². The van der Waals surface area contributed by atoms with E-state index in [1.165, 1.54) is 0 Å². The number of rotatable bonds is 4. The van der Waals surface area contributed by atoms with Gasteiger partial charge in [0.05, 0.1) is 13.2 Å². The van der Waals surface area contributed by atoms with Gasteiger partial charge >= 0.3 is 0 Å². The predicted octanol–water partition coefficient (Wildman–Crippen LogP) is 2.69. The van der Waals surface area contributed by atoms with Crippen molar-refractivity contribution in [2.24, 2.45) is 5.92 Å². The first-order chi connectivity index (χ1) is 9.33. The topological polar surface area (TPSA) is 44.8 Å². The van der Waals surface area contributed by atoms with Gasteiger partial charge in [-0.1, -0.05) is 12.5 Å². The van der Waals surface area contributed by atoms with Crippen LogP contribution in [0.5, 0.6) is 11.5 Å². The van der Waals surface area contributed by atoms with Crippen LogP contribution in [0.3, 0.4) is 0 Å². The van der Waals surface area contributed by atoms with Gasteiger partial charge < -0.3 is 14.2 Å². The zero-order chi connectivity index (χ0) is 13.1. The molecule has 4 nitrogen and oxygen atoms in total. The predicted molar refractivity (Wildman–Crippen MR) is 69.2 cm³/mol. The molecule has 1 unspecified atom stereocenters. The molecule has 1 aliphatic carbocycles. The number of carbonyl (C=O) groups excluding carboxylic acids is 1. The highest BCUT2D eigenvalue weighted by Gasteiger charge is 2.22. The summed E-state index contributed by atoms with van der Waals surface area (Å²) in [6.07, 6.45) is 3.87. The van der Waals surface area contributed by atoms with Gasteiger partial charge in [-0.25, -0.2) is 0 Å². The van der Waals surface area contributed by atoms with Crippen LogP contribution in [0.15, 0.2) is 18.2 Å². The Bertz CT molecular complexity index is 469. The van der Waals surface area contributed by atoms with Gasteiger partial charge in [-0.05, 0) is 30.5 Å². The van der Waals surface area contributed by atoms with Crippen molar-refractivity contribution in [1.29, 1.82) is 0 Å². The van der Waals surface area contributed by atoms with E-state index in [0.29, 0.717) is 19.0 Å². The summed E-state index contributed by atoms with van der Waals surface area (Å²) in [7, 11) is 0. The average molecular weight is 262 g/mol. The standard InChI is InChI=1S/C15H18O4/c16-13-4-2-1-3-12(13)9-17-8-11-5-6-14-15(7-11)19-10-18-14/h5-7,12H,1-4,8-10H2. The third-order valence-corrected chi connectivity index (χ3v) is 3.71. The van der Waals surface area contributed by atoms with Gasteiger partial charge in [-0.15, -0.1) is 0 Å². The average Bonchev–Trinajstić information content (AvgIpc) is 2.88. The summed E-state index contributed by atoms with van der Waals surface area (Å²) < 4.78 is 16.3. The highest BCUT2D eigenvalue weighted by Crippen LogP contribution is 2.32. The molecule has 0 aromatic heterocycles. The van der Waals surface area contributed by atoms with Gasteiger partial charge in [0, 0.05) is 12.3 Å². The number of hydrogen-bond acceptors (Lipinski definition) is 4. The van der Waals surface area contributed by atoms with Crippen LogP contribution in [-0.4, -0.2) is 19.2 Å². The summed E-state index contributed by atoms with van der Waals surface area (Å²) in [5, 5.41) is 0. The van der Waals surface area contributed by atoms with E-state index < -0.39 is 0 Å². The Labute approximate surface area is 112 Å². The van der Waals surface area contributed by atoms with Gasteiger partial charge in [-0.3, -0.25) is 4.79 Å². The van der Waals surface area contributed by atoms with Crippen LogP contribution in [0, 0.1) is 5.92 Å². The number of hydrogen-bond donors (Lipinski definition) is 0. The molecule has 2 aliphatic rings. The first kappa shape index (κ1) is 12.5. The van der Waals surface area contributed by atoms with E-state index in [1.807, 2.05) is 18.2 Å². The molecule has 4 heteroatoms. The molecule has 1 atom stereocenters. The van der Waals surface area contributed by atoms with Gasteiger partial charge in [0.15, 0.2) is 11.5 Å². The normalized spacial score (nSPS) is 21.7. The SMILES string of the molecule is O=C1CCCCC1COCc1ccc2c(c1)OCO2. The van der Waals surface area contributed by atoms with Crippen molar-refractivity contribution in [3.05, 3.63) is 23.8 Å².